The average molecular weight is 234 g/mol. The summed E-state index contributed by atoms with van der Waals surface area (Å²) in [4.78, 5) is 0. The number of aliphatic hydroxyl groups excluding tert-OH is 1. The van der Waals surface area contributed by atoms with E-state index in [1.54, 1.807) is 18.2 Å². The lowest BCUT2D eigenvalue weighted by Crippen LogP contribution is -2.27. The SMILES string of the molecule is CCC(N)C(O)c1cccc(Cl)c1Cl. The summed E-state index contributed by atoms with van der Waals surface area (Å²) in [6.45, 7) is 1.91. The van der Waals surface area contributed by atoms with Gasteiger partial charge in [0.05, 0.1) is 16.1 Å². The molecule has 0 aromatic heterocycles. The van der Waals surface area contributed by atoms with E-state index < -0.39 is 6.10 Å². The van der Waals surface area contributed by atoms with Gasteiger partial charge >= 0.3 is 0 Å². The summed E-state index contributed by atoms with van der Waals surface area (Å²) in [6, 6.07) is 4.84. The van der Waals surface area contributed by atoms with Gasteiger partial charge in [-0.25, -0.2) is 0 Å². The van der Waals surface area contributed by atoms with Crippen molar-refractivity contribution in [3.8, 4) is 0 Å². The zero-order valence-electron chi connectivity index (χ0n) is 7.87. The molecule has 0 bridgehead atoms. The maximum atomic E-state index is 9.83. The van der Waals surface area contributed by atoms with E-state index >= 15 is 0 Å². The third-order valence-electron chi connectivity index (χ3n) is 2.18. The van der Waals surface area contributed by atoms with Gasteiger partial charge in [-0.2, -0.15) is 0 Å². The highest BCUT2D eigenvalue weighted by Crippen LogP contribution is 2.31. The van der Waals surface area contributed by atoms with Crippen LogP contribution >= 0.6 is 23.2 Å². The molecule has 14 heavy (non-hydrogen) atoms. The van der Waals surface area contributed by atoms with Gasteiger partial charge in [-0.05, 0) is 12.5 Å². The fourth-order valence-electron chi connectivity index (χ4n) is 1.20. The van der Waals surface area contributed by atoms with Gasteiger partial charge in [0, 0.05) is 11.6 Å². The largest absolute Gasteiger partial charge is 0.387 e. The van der Waals surface area contributed by atoms with E-state index in [1.807, 2.05) is 6.92 Å². The highest BCUT2D eigenvalue weighted by molar-refractivity contribution is 6.42. The topological polar surface area (TPSA) is 46.2 Å². The first-order valence-electron chi connectivity index (χ1n) is 4.45. The van der Waals surface area contributed by atoms with Crippen LogP contribution < -0.4 is 5.73 Å². The Morgan fingerprint density at radius 1 is 1.43 bits per heavy atom. The first-order valence-corrected chi connectivity index (χ1v) is 5.21. The zero-order valence-corrected chi connectivity index (χ0v) is 9.39. The second-order valence-electron chi connectivity index (χ2n) is 3.16. The molecule has 2 atom stereocenters. The van der Waals surface area contributed by atoms with Crippen LogP contribution in [0.1, 0.15) is 25.0 Å². The van der Waals surface area contributed by atoms with Crippen molar-refractivity contribution in [2.24, 2.45) is 5.73 Å². The van der Waals surface area contributed by atoms with Gasteiger partial charge in [0.2, 0.25) is 0 Å². The van der Waals surface area contributed by atoms with Crippen molar-refractivity contribution < 1.29 is 5.11 Å². The summed E-state index contributed by atoms with van der Waals surface area (Å²) in [7, 11) is 0. The number of rotatable bonds is 3. The van der Waals surface area contributed by atoms with E-state index in [1.165, 1.54) is 0 Å². The van der Waals surface area contributed by atoms with Crippen molar-refractivity contribution in [1.82, 2.24) is 0 Å². The molecule has 0 aliphatic heterocycles. The fraction of sp³-hybridized carbons (Fsp3) is 0.400. The smallest absolute Gasteiger partial charge is 0.0955 e. The number of hydrogen-bond donors (Lipinski definition) is 2. The third kappa shape index (κ3) is 2.39. The molecule has 0 fully saturated rings. The number of aliphatic hydroxyl groups is 1. The van der Waals surface area contributed by atoms with E-state index in [0.717, 1.165) is 0 Å². The fourth-order valence-corrected chi connectivity index (χ4v) is 1.62. The van der Waals surface area contributed by atoms with Gasteiger partial charge in [0.1, 0.15) is 0 Å². The Balaban J connectivity index is 3.01. The number of benzene rings is 1. The Morgan fingerprint density at radius 2 is 2.07 bits per heavy atom. The molecule has 0 aliphatic rings. The molecule has 0 spiro atoms. The second-order valence-corrected chi connectivity index (χ2v) is 3.95. The van der Waals surface area contributed by atoms with E-state index in [2.05, 4.69) is 0 Å². The summed E-state index contributed by atoms with van der Waals surface area (Å²) >= 11 is 11.8. The van der Waals surface area contributed by atoms with Crippen LogP contribution in [0.3, 0.4) is 0 Å². The first-order chi connectivity index (χ1) is 6.57. The summed E-state index contributed by atoms with van der Waals surface area (Å²) in [5, 5.41) is 10.6. The van der Waals surface area contributed by atoms with Gasteiger partial charge in [-0.15, -0.1) is 0 Å². The van der Waals surface area contributed by atoms with Gasteiger partial charge < -0.3 is 10.8 Å². The highest BCUT2D eigenvalue weighted by Gasteiger charge is 2.18. The molecule has 78 valence electrons. The summed E-state index contributed by atoms with van der Waals surface area (Å²) in [5.74, 6) is 0. The predicted molar refractivity (Wildman–Crippen MR) is 59.7 cm³/mol. The van der Waals surface area contributed by atoms with Crippen molar-refractivity contribution in [1.29, 1.82) is 0 Å². The van der Waals surface area contributed by atoms with Crippen molar-refractivity contribution in [2.75, 3.05) is 0 Å². The number of hydrogen-bond acceptors (Lipinski definition) is 2. The van der Waals surface area contributed by atoms with Gasteiger partial charge in [-0.3, -0.25) is 0 Å². The van der Waals surface area contributed by atoms with Crippen molar-refractivity contribution in [3.63, 3.8) is 0 Å². The van der Waals surface area contributed by atoms with E-state index in [-0.39, 0.29) is 6.04 Å². The molecule has 0 radical (unpaired) electrons. The van der Waals surface area contributed by atoms with Crippen LogP contribution in [0.15, 0.2) is 18.2 Å². The van der Waals surface area contributed by atoms with Crippen LogP contribution in [0.4, 0.5) is 0 Å². The minimum Gasteiger partial charge on any atom is -0.387 e. The standard InChI is InChI=1S/C10H13Cl2NO/c1-2-8(13)10(14)6-4-3-5-7(11)9(6)12/h3-5,8,10,14H,2,13H2,1H3. The quantitative estimate of drug-likeness (QED) is 0.844. The maximum absolute atomic E-state index is 9.83. The molecule has 1 aromatic rings. The molecule has 1 aromatic carbocycles. The van der Waals surface area contributed by atoms with Crippen molar-refractivity contribution in [2.45, 2.75) is 25.5 Å². The Labute approximate surface area is 93.6 Å². The van der Waals surface area contributed by atoms with Crippen LogP contribution in [0.5, 0.6) is 0 Å². The minimum absolute atomic E-state index is 0.314. The Morgan fingerprint density at radius 3 is 2.64 bits per heavy atom. The Bertz CT molecular complexity index is 317. The third-order valence-corrected chi connectivity index (χ3v) is 3.01. The predicted octanol–water partition coefficient (Wildman–Crippen LogP) is 2.76. The summed E-state index contributed by atoms with van der Waals surface area (Å²) in [5.41, 5.74) is 6.31. The van der Waals surface area contributed by atoms with Gasteiger partial charge in [0.25, 0.3) is 0 Å². The van der Waals surface area contributed by atoms with Crippen LogP contribution in [-0.2, 0) is 0 Å². The van der Waals surface area contributed by atoms with Gasteiger partial charge in [-0.1, -0.05) is 42.3 Å². The average Bonchev–Trinajstić information content (AvgIpc) is 2.20. The van der Waals surface area contributed by atoms with E-state index in [0.29, 0.717) is 22.0 Å². The molecule has 2 nitrogen and oxygen atoms in total. The first kappa shape index (κ1) is 11.8. The van der Waals surface area contributed by atoms with Crippen molar-refractivity contribution >= 4 is 23.2 Å². The molecule has 0 aliphatic carbocycles. The van der Waals surface area contributed by atoms with Crippen LogP contribution in [-0.4, -0.2) is 11.1 Å². The molecular weight excluding hydrogens is 221 g/mol. The lowest BCUT2D eigenvalue weighted by molar-refractivity contribution is 0.144. The number of nitrogens with two attached hydrogens (primary N) is 1. The molecule has 1 rings (SSSR count). The normalized spacial score (nSPS) is 15.2. The van der Waals surface area contributed by atoms with Crippen LogP contribution in [0, 0.1) is 0 Å². The summed E-state index contributed by atoms with van der Waals surface area (Å²) in [6.07, 6.45) is -0.0736. The zero-order chi connectivity index (χ0) is 10.7. The molecule has 0 amide bonds. The lowest BCUT2D eigenvalue weighted by Gasteiger charge is -2.18. The number of halogens is 2. The molecular formula is C10H13Cl2NO. The molecule has 2 unspecified atom stereocenters. The van der Waals surface area contributed by atoms with Crippen LogP contribution in [0.25, 0.3) is 0 Å². The van der Waals surface area contributed by atoms with Crippen molar-refractivity contribution in [3.05, 3.63) is 33.8 Å². The van der Waals surface area contributed by atoms with E-state index in [9.17, 15) is 5.11 Å². The Hall–Kier alpha value is -0.280. The maximum Gasteiger partial charge on any atom is 0.0955 e. The molecule has 0 heterocycles. The molecule has 3 N–H and O–H groups in total. The molecule has 4 heteroatoms. The summed E-state index contributed by atoms with van der Waals surface area (Å²) < 4.78 is 0. The highest BCUT2D eigenvalue weighted by atomic mass is 35.5. The molecule has 0 saturated carbocycles. The minimum atomic E-state index is -0.758. The lowest BCUT2D eigenvalue weighted by atomic mass is 10.0. The van der Waals surface area contributed by atoms with E-state index in [4.69, 9.17) is 28.9 Å². The van der Waals surface area contributed by atoms with Crippen LogP contribution in [0.2, 0.25) is 10.0 Å². The second kappa shape index (κ2) is 4.99. The monoisotopic (exact) mass is 233 g/mol. The van der Waals surface area contributed by atoms with Gasteiger partial charge in [0.15, 0.2) is 0 Å². The molecule has 0 saturated heterocycles. The Kier molecular flexibility index (Phi) is 4.20.